The highest BCUT2D eigenvalue weighted by molar-refractivity contribution is 7.16. The number of thiophene rings is 1. The van der Waals surface area contributed by atoms with Crippen LogP contribution in [0, 0.1) is 17.0 Å². The fourth-order valence-corrected chi connectivity index (χ4v) is 2.64. The number of nitro groups is 1. The van der Waals surface area contributed by atoms with E-state index >= 15 is 0 Å². The smallest absolute Gasteiger partial charge is 0.298 e. The van der Waals surface area contributed by atoms with Crippen LogP contribution in [0.5, 0.6) is 0 Å². The SMILES string of the molecule is Cc1cnc(NC(=O)/C=C/c2ccc([N+](=O)[O-])s2)s1. The van der Waals surface area contributed by atoms with Gasteiger partial charge < -0.3 is 0 Å². The third kappa shape index (κ3) is 3.70. The standard InChI is InChI=1S/C11H9N3O3S2/c1-7-6-12-11(18-7)13-9(15)4-2-8-3-5-10(19-8)14(16)17/h2-6H,1H3,(H,12,13,15)/b4-2+. The van der Waals surface area contributed by atoms with Crippen LogP contribution < -0.4 is 5.32 Å². The number of anilines is 1. The van der Waals surface area contributed by atoms with Gasteiger partial charge in [-0.3, -0.25) is 20.2 Å². The van der Waals surface area contributed by atoms with Crippen LogP contribution in [0.3, 0.4) is 0 Å². The maximum absolute atomic E-state index is 11.6. The van der Waals surface area contributed by atoms with E-state index in [-0.39, 0.29) is 10.9 Å². The molecule has 1 amide bonds. The summed E-state index contributed by atoms with van der Waals surface area (Å²) in [5.74, 6) is -0.314. The van der Waals surface area contributed by atoms with E-state index in [0.717, 1.165) is 16.2 Å². The highest BCUT2D eigenvalue weighted by atomic mass is 32.1. The Morgan fingerprint density at radius 3 is 2.84 bits per heavy atom. The Balaban J connectivity index is 1.97. The van der Waals surface area contributed by atoms with E-state index in [9.17, 15) is 14.9 Å². The summed E-state index contributed by atoms with van der Waals surface area (Å²) in [6, 6.07) is 3.01. The summed E-state index contributed by atoms with van der Waals surface area (Å²) in [6.07, 6.45) is 4.53. The first kappa shape index (κ1) is 13.4. The Labute approximate surface area is 116 Å². The molecule has 0 atom stereocenters. The van der Waals surface area contributed by atoms with Crippen LogP contribution in [-0.2, 0) is 4.79 Å². The van der Waals surface area contributed by atoms with Gasteiger partial charge in [0.05, 0.1) is 4.92 Å². The highest BCUT2D eigenvalue weighted by Gasteiger charge is 2.08. The van der Waals surface area contributed by atoms with Crippen molar-refractivity contribution in [3.05, 3.63) is 44.3 Å². The van der Waals surface area contributed by atoms with Crippen molar-refractivity contribution in [2.45, 2.75) is 6.92 Å². The number of carbonyl (C=O) groups excluding carboxylic acids is 1. The fourth-order valence-electron chi connectivity index (χ4n) is 1.25. The van der Waals surface area contributed by atoms with Gasteiger partial charge in [0.25, 0.3) is 0 Å². The van der Waals surface area contributed by atoms with Crippen molar-refractivity contribution in [2.75, 3.05) is 5.32 Å². The zero-order valence-electron chi connectivity index (χ0n) is 9.82. The van der Waals surface area contributed by atoms with Gasteiger partial charge in [-0.2, -0.15) is 0 Å². The van der Waals surface area contributed by atoms with Crippen LogP contribution >= 0.6 is 22.7 Å². The number of thiazole rings is 1. The highest BCUT2D eigenvalue weighted by Crippen LogP contribution is 2.24. The molecule has 0 radical (unpaired) electrons. The first-order valence-corrected chi connectivity index (χ1v) is 6.83. The molecule has 0 unspecified atom stereocenters. The molecule has 2 heterocycles. The minimum Gasteiger partial charge on any atom is -0.298 e. The van der Waals surface area contributed by atoms with Gasteiger partial charge in [0.2, 0.25) is 5.91 Å². The number of nitrogens with one attached hydrogen (secondary N) is 1. The van der Waals surface area contributed by atoms with Crippen LogP contribution in [-0.4, -0.2) is 15.8 Å². The van der Waals surface area contributed by atoms with Gasteiger partial charge in [-0.1, -0.05) is 11.3 Å². The number of amides is 1. The quantitative estimate of drug-likeness (QED) is 0.533. The molecular formula is C11H9N3O3S2. The molecule has 1 N–H and O–H groups in total. The van der Waals surface area contributed by atoms with Crippen molar-refractivity contribution in [1.82, 2.24) is 4.98 Å². The molecular weight excluding hydrogens is 286 g/mol. The minimum atomic E-state index is -0.458. The molecule has 0 aliphatic heterocycles. The third-order valence-electron chi connectivity index (χ3n) is 2.04. The maximum Gasteiger partial charge on any atom is 0.324 e. The lowest BCUT2D eigenvalue weighted by Gasteiger charge is -1.94. The molecule has 0 aromatic carbocycles. The number of rotatable bonds is 4. The second-order valence-electron chi connectivity index (χ2n) is 3.53. The molecule has 0 spiro atoms. The largest absolute Gasteiger partial charge is 0.324 e. The molecule has 6 nitrogen and oxygen atoms in total. The summed E-state index contributed by atoms with van der Waals surface area (Å²) in [6.45, 7) is 1.90. The van der Waals surface area contributed by atoms with E-state index in [0.29, 0.717) is 10.0 Å². The molecule has 19 heavy (non-hydrogen) atoms. The van der Waals surface area contributed by atoms with Gasteiger partial charge in [-0.15, -0.1) is 11.3 Å². The molecule has 98 valence electrons. The average molecular weight is 295 g/mol. The van der Waals surface area contributed by atoms with E-state index in [1.807, 2.05) is 6.92 Å². The summed E-state index contributed by atoms with van der Waals surface area (Å²) in [4.78, 5) is 27.3. The molecule has 2 rings (SSSR count). The van der Waals surface area contributed by atoms with Crippen molar-refractivity contribution in [1.29, 1.82) is 0 Å². The number of aryl methyl sites for hydroxylation is 1. The number of hydrogen-bond acceptors (Lipinski definition) is 6. The van der Waals surface area contributed by atoms with Crippen LogP contribution in [0.1, 0.15) is 9.75 Å². The van der Waals surface area contributed by atoms with Crippen molar-refractivity contribution in [3.8, 4) is 0 Å². The summed E-state index contributed by atoms with van der Waals surface area (Å²) >= 11 is 2.40. The number of nitrogens with zero attached hydrogens (tertiary/aromatic N) is 2. The zero-order valence-corrected chi connectivity index (χ0v) is 11.5. The lowest BCUT2D eigenvalue weighted by molar-refractivity contribution is -0.380. The van der Waals surface area contributed by atoms with E-state index in [4.69, 9.17) is 0 Å². The molecule has 0 aliphatic carbocycles. The van der Waals surface area contributed by atoms with Gasteiger partial charge in [0.1, 0.15) is 0 Å². The Kier molecular flexibility index (Phi) is 4.03. The number of hydrogen-bond donors (Lipinski definition) is 1. The minimum absolute atomic E-state index is 0.0515. The lowest BCUT2D eigenvalue weighted by Crippen LogP contribution is -2.06. The normalized spacial score (nSPS) is 10.8. The molecule has 0 aliphatic rings. The summed E-state index contributed by atoms with van der Waals surface area (Å²) in [5, 5.41) is 13.7. The summed E-state index contributed by atoms with van der Waals surface area (Å²) in [7, 11) is 0. The Bertz CT molecular complexity index is 645. The number of carbonyl (C=O) groups is 1. The predicted molar refractivity (Wildman–Crippen MR) is 75.5 cm³/mol. The van der Waals surface area contributed by atoms with Crippen LogP contribution in [0.15, 0.2) is 24.4 Å². The first-order valence-electron chi connectivity index (χ1n) is 5.20. The van der Waals surface area contributed by atoms with Crippen molar-refractivity contribution in [3.63, 3.8) is 0 Å². The lowest BCUT2D eigenvalue weighted by atomic mass is 10.4. The molecule has 0 bridgehead atoms. The molecule has 2 aromatic heterocycles. The predicted octanol–water partition coefficient (Wildman–Crippen LogP) is 3.07. The van der Waals surface area contributed by atoms with Crippen LogP contribution in [0.4, 0.5) is 10.1 Å². The van der Waals surface area contributed by atoms with Crippen molar-refractivity contribution in [2.24, 2.45) is 0 Å². The molecule has 2 aromatic rings. The first-order chi connectivity index (χ1) is 9.04. The molecule has 0 fully saturated rings. The van der Waals surface area contributed by atoms with Gasteiger partial charge in [-0.25, -0.2) is 4.98 Å². The summed E-state index contributed by atoms with van der Waals surface area (Å²) in [5.41, 5.74) is 0. The monoisotopic (exact) mass is 295 g/mol. The van der Waals surface area contributed by atoms with Crippen LogP contribution in [0.25, 0.3) is 6.08 Å². The second kappa shape index (κ2) is 5.72. The van der Waals surface area contributed by atoms with Gasteiger partial charge in [0.15, 0.2) is 5.13 Å². The molecule has 8 heteroatoms. The molecule has 0 saturated carbocycles. The Hall–Kier alpha value is -2.06. The Morgan fingerprint density at radius 2 is 2.26 bits per heavy atom. The average Bonchev–Trinajstić information content (AvgIpc) is 2.96. The maximum atomic E-state index is 11.6. The topological polar surface area (TPSA) is 85.1 Å². The summed E-state index contributed by atoms with van der Waals surface area (Å²) < 4.78 is 0. The Morgan fingerprint density at radius 1 is 1.47 bits per heavy atom. The van der Waals surface area contributed by atoms with Gasteiger partial charge in [0, 0.05) is 28.1 Å². The van der Waals surface area contributed by atoms with E-state index < -0.39 is 4.92 Å². The number of aromatic nitrogens is 1. The molecule has 0 saturated heterocycles. The van der Waals surface area contributed by atoms with Crippen LogP contribution in [0.2, 0.25) is 0 Å². The van der Waals surface area contributed by atoms with Crippen molar-refractivity contribution >= 4 is 44.8 Å². The van der Waals surface area contributed by atoms with E-state index in [1.165, 1.54) is 29.6 Å². The second-order valence-corrected chi connectivity index (χ2v) is 5.86. The van der Waals surface area contributed by atoms with E-state index in [1.54, 1.807) is 12.3 Å². The third-order valence-corrected chi connectivity index (χ3v) is 3.87. The van der Waals surface area contributed by atoms with Gasteiger partial charge in [-0.05, 0) is 19.1 Å². The van der Waals surface area contributed by atoms with Crippen molar-refractivity contribution < 1.29 is 9.72 Å². The van der Waals surface area contributed by atoms with Gasteiger partial charge >= 0.3 is 5.00 Å². The zero-order chi connectivity index (χ0) is 13.8. The fraction of sp³-hybridized carbons (Fsp3) is 0.0909. The van der Waals surface area contributed by atoms with E-state index in [2.05, 4.69) is 10.3 Å².